The molecule has 0 bridgehead atoms. The molecule has 0 saturated carbocycles. The molecule has 1 heterocycles. The van der Waals surface area contributed by atoms with Crippen molar-refractivity contribution in [1.82, 2.24) is 9.80 Å². The number of nitrogens with zero attached hydrogens (tertiary/aromatic N) is 2. The first-order valence-electron chi connectivity index (χ1n) is 5.30. The molecule has 1 aliphatic heterocycles. The molecule has 2 nitrogen and oxygen atoms in total. The Bertz CT molecular complexity index is 182. The maximum atomic E-state index is 5.56. The molecule has 1 unspecified atom stereocenters. The topological polar surface area (TPSA) is 6.48 Å². The summed E-state index contributed by atoms with van der Waals surface area (Å²) in [5.41, 5.74) is 0. The highest BCUT2D eigenvalue weighted by molar-refractivity contribution is 6.18. The van der Waals surface area contributed by atoms with Gasteiger partial charge in [-0.25, -0.2) is 0 Å². The highest BCUT2D eigenvalue weighted by atomic mass is 35.5. The van der Waals surface area contributed by atoms with Gasteiger partial charge in [0.25, 0.3) is 0 Å². The van der Waals surface area contributed by atoms with Crippen molar-refractivity contribution < 1.29 is 0 Å². The van der Waals surface area contributed by atoms with Gasteiger partial charge < -0.3 is 9.80 Å². The van der Waals surface area contributed by atoms with Gasteiger partial charge in [0.1, 0.15) is 0 Å². The SMILES string of the molecule is CN(CC=CCCl)CC1CCN(C)C1. The van der Waals surface area contributed by atoms with E-state index in [1.165, 1.54) is 26.1 Å². The second-order valence-corrected chi connectivity index (χ2v) is 4.57. The number of hydrogen-bond donors (Lipinski definition) is 0. The minimum absolute atomic E-state index is 0.625. The summed E-state index contributed by atoms with van der Waals surface area (Å²) in [5.74, 6) is 1.48. The normalized spacial score (nSPS) is 24.1. The molecule has 1 rings (SSSR count). The highest BCUT2D eigenvalue weighted by Gasteiger charge is 2.19. The van der Waals surface area contributed by atoms with Gasteiger partial charge in [0.05, 0.1) is 0 Å². The summed E-state index contributed by atoms with van der Waals surface area (Å²) in [5, 5.41) is 0. The number of halogens is 1. The largest absolute Gasteiger partial charge is 0.306 e. The van der Waals surface area contributed by atoms with Gasteiger partial charge in [-0.15, -0.1) is 11.6 Å². The molecule has 14 heavy (non-hydrogen) atoms. The first kappa shape index (κ1) is 12.0. The molecule has 0 spiro atoms. The number of likely N-dealkylation sites (N-methyl/N-ethyl adjacent to an activating group) is 1. The maximum Gasteiger partial charge on any atom is 0.0404 e. The third kappa shape index (κ3) is 4.45. The molecular formula is C11H21ClN2. The molecule has 0 radical (unpaired) electrons. The molecule has 0 N–H and O–H groups in total. The average molecular weight is 217 g/mol. The van der Waals surface area contributed by atoms with E-state index in [1.807, 2.05) is 6.08 Å². The zero-order chi connectivity index (χ0) is 10.4. The van der Waals surface area contributed by atoms with Crippen LogP contribution in [0.3, 0.4) is 0 Å². The lowest BCUT2D eigenvalue weighted by molar-refractivity contribution is 0.295. The van der Waals surface area contributed by atoms with Crippen LogP contribution in [-0.4, -0.2) is 56.0 Å². The molecule has 3 heteroatoms. The Hall–Kier alpha value is -0.0500. The molecule has 0 amide bonds. The zero-order valence-corrected chi connectivity index (χ0v) is 10.0. The highest BCUT2D eigenvalue weighted by Crippen LogP contribution is 2.14. The van der Waals surface area contributed by atoms with Crippen molar-refractivity contribution in [2.45, 2.75) is 6.42 Å². The third-order valence-electron chi connectivity index (χ3n) is 2.73. The lowest BCUT2D eigenvalue weighted by Crippen LogP contribution is -2.27. The Balaban J connectivity index is 2.13. The van der Waals surface area contributed by atoms with Crippen molar-refractivity contribution in [3.05, 3.63) is 12.2 Å². The number of rotatable bonds is 5. The van der Waals surface area contributed by atoms with E-state index < -0.39 is 0 Å². The number of alkyl halides is 1. The van der Waals surface area contributed by atoms with Crippen molar-refractivity contribution in [2.75, 3.05) is 46.2 Å². The monoisotopic (exact) mass is 216 g/mol. The van der Waals surface area contributed by atoms with E-state index in [1.54, 1.807) is 0 Å². The predicted molar refractivity (Wildman–Crippen MR) is 63.0 cm³/mol. The fraction of sp³-hybridized carbons (Fsp3) is 0.818. The number of hydrogen-bond acceptors (Lipinski definition) is 2. The predicted octanol–water partition coefficient (Wildman–Crippen LogP) is 1.66. The van der Waals surface area contributed by atoms with E-state index in [0.29, 0.717) is 5.88 Å². The maximum absolute atomic E-state index is 5.56. The molecule has 1 saturated heterocycles. The average Bonchev–Trinajstić information content (AvgIpc) is 2.52. The molecule has 1 fully saturated rings. The fourth-order valence-corrected chi connectivity index (χ4v) is 2.13. The quantitative estimate of drug-likeness (QED) is 0.510. The molecule has 1 aliphatic rings. The first-order valence-corrected chi connectivity index (χ1v) is 5.84. The van der Waals surface area contributed by atoms with Crippen molar-refractivity contribution in [1.29, 1.82) is 0 Å². The molecule has 0 aromatic heterocycles. The second-order valence-electron chi connectivity index (χ2n) is 4.26. The molecule has 0 aromatic carbocycles. The Kier molecular flexibility index (Phi) is 5.53. The smallest absolute Gasteiger partial charge is 0.0404 e. The minimum atomic E-state index is 0.625. The van der Waals surface area contributed by atoms with Gasteiger partial charge in [-0.05, 0) is 33.0 Å². The fourth-order valence-electron chi connectivity index (χ4n) is 2.01. The van der Waals surface area contributed by atoms with Crippen LogP contribution in [0.4, 0.5) is 0 Å². The second kappa shape index (κ2) is 6.44. The molecule has 0 aliphatic carbocycles. The number of allylic oxidation sites excluding steroid dienone is 1. The molecule has 82 valence electrons. The van der Waals surface area contributed by atoms with Crippen molar-refractivity contribution in [3.63, 3.8) is 0 Å². The van der Waals surface area contributed by atoms with E-state index in [9.17, 15) is 0 Å². The standard InChI is InChI=1S/C11H21ClN2/c1-13(7-4-3-6-12)9-11-5-8-14(2)10-11/h3-4,11H,5-10H2,1-2H3. The van der Waals surface area contributed by atoms with Gasteiger partial charge in [-0.2, -0.15) is 0 Å². The zero-order valence-electron chi connectivity index (χ0n) is 9.25. The van der Waals surface area contributed by atoms with Crippen LogP contribution in [0.5, 0.6) is 0 Å². The van der Waals surface area contributed by atoms with Crippen LogP contribution in [0, 0.1) is 5.92 Å². The molecular weight excluding hydrogens is 196 g/mol. The summed E-state index contributed by atoms with van der Waals surface area (Å²) < 4.78 is 0. The van der Waals surface area contributed by atoms with Crippen LogP contribution in [-0.2, 0) is 0 Å². The number of likely N-dealkylation sites (tertiary alicyclic amines) is 1. The van der Waals surface area contributed by atoms with Crippen molar-refractivity contribution >= 4 is 11.6 Å². The van der Waals surface area contributed by atoms with E-state index in [-0.39, 0.29) is 0 Å². The lowest BCUT2D eigenvalue weighted by atomic mass is 10.1. The van der Waals surface area contributed by atoms with E-state index in [0.717, 1.165) is 12.5 Å². The summed E-state index contributed by atoms with van der Waals surface area (Å²) in [6.45, 7) is 4.74. The van der Waals surface area contributed by atoms with Crippen LogP contribution in [0.15, 0.2) is 12.2 Å². The van der Waals surface area contributed by atoms with Crippen LogP contribution < -0.4 is 0 Å². The van der Waals surface area contributed by atoms with Gasteiger partial charge in [0, 0.05) is 25.5 Å². The Morgan fingerprint density at radius 3 is 2.86 bits per heavy atom. The summed E-state index contributed by atoms with van der Waals surface area (Å²) >= 11 is 5.56. The van der Waals surface area contributed by atoms with E-state index in [4.69, 9.17) is 11.6 Å². The summed E-state index contributed by atoms with van der Waals surface area (Å²) in [4.78, 5) is 4.78. The van der Waals surface area contributed by atoms with Crippen molar-refractivity contribution in [2.24, 2.45) is 5.92 Å². The van der Waals surface area contributed by atoms with Crippen LogP contribution in [0.2, 0.25) is 0 Å². The minimum Gasteiger partial charge on any atom is -0.306 e. The van der Waals surface area contributed by atoms with Gasteiger partial charge in [0.2, 0.25) is 0 Å². The van der Waals surface area contributed by atoms with Crippen LogP contribution in [0.25, 0.3) is 0 Å². The summed E-state index contributed by atoms with van der Waals surface area (Å²) in [6.07, 6.45) is 5.50. The summed E-state index contributed by atoms with van der Waals surface area (Å²) in [7, 11) is 4.38. The van der Waals surface area contributed by atoms with E-state index in [2.05, 4.69) is 30.0 Å². The summed E-state index contributed by atoms with van der Waals surface area (Å²) in [6, 6.07) is 0. The Morgan fingerprint density at radius 1 is 1.50 bits per heavy atom. The van der Waals surface area contributed by atoms with Crippen molar-refractivity contribution in [3.8, 4) is 0 Å². The van der Waals surface area contributed by atoms with Gasteiger partial charge in [-0.1, -0.05) is 12.2 Å². The van der Waals surface area contributed by atoms with Gasteiger partial charge in [0.15, 0.2) is 0 Å². The third-order valence-corrected chi connectivity index (χ3v) is 2.91. The van der Waals surface area contributed by atoms with Crippen LogP contribution in [0.1, 0.15) is 6.42 Å². The first-order chi connectivity index (χ1) is 6.72. The van der Waals surface area contributed by atoms with E-state index >= 15 is 0 Å². The Morgan fingerprint density at radius 2 is 2.29 bits per heavy atom. The molecule has 0 aromatic rings. The van der Waals surface area contributed by atoms with Gasteiger partial charge in [-0.3, -0.25) is 0 Å². The van der Waals surface area contributed by atoms with Crippen LogP contribution >= 0.6 is 11.6 Å². The molecule has 1 atom stereocenters. The Labute approximate surface area is 92.5 Å². The lowest BCUT2D eigenvalue weighted by Gasteiger charge is -2.19. The van der Waals surface area contributed by atoms with Gasteiger partial charge >= 0.3 is 0 Å².